The first kappa shape index (κ1) is 11.1. The fourth-order valence-electron chi connectivity index (χ4n) is 1.29. The molecule has 13 heavy (non-hydrogen) atoms. The molecule has 0 atom stereocenters. The van der Waals surface area contributed by atoms with E-state index in [1.807, 2.05) is 18.2 Å². The third kappa shape index (κ3) is 3.33. The standard InChI is InChI=1S/C10H13Cl2Si/c1-2-3-6-9-7-4-5-8-10(9)13(11)12/h4-5,7-8H,2-3,6H2,1H3. The average Bonchev–Trinajstić information content (AvgIpc) is 2.15. The molecule has 71 valence electrons. The highest BCUT2D eigenvalue weighted by atomic mass is 35.7. The van der Waals surface area contributed by atoms with Gasteiger partial charge in [0.05, 0.1) is 0 Å². The van der Waals surface area contributed by atoms with Crippen LogP contribution in [0.1, 0.15) is 25.3 Å². The molecule has 0 aliphatic heterocycles. The fourth-order valence-corrected chi connectivity index (χ4v) is 3.07. The van der Waals surface area contributed by atoms with Gasteiger partial charge < -0.3 is 0 Å². The third-order valence-corrected chi connectivity index (χ3v) is 4.14. The van der Waals surface area contributed by atoms with Gasteiger partial charge in [0.15, 0.2) is 0 Å². The smallest absolute Gasteiger partial charge is 0.140 e. The Morgan fingerprint density at radius 2 is 1.92 bits per heavy atom. The zero-order valence-electron chi connectivity index (χ0n) is 7.69. The Morgan fingerprint density at radius 1 is 1.23 bits per heavy atom. The molecule has 1 aromatic rings. The highest BCUT2D eigenvalue weighted by Crippen LogP contribution is 2.07. The monoisotopic (exact) mass is 231 g/mol. The van der Waals surface area contributed by atoms with Crippen molar-refractivity contribution in [3.05, 3.63) is 29.8 Å². The molecule has 0 saturated heterocycles. The number of unbranched alkanes of at least 4 members (excludes halogenated alkanes) is 1. The fraction of sp³-hybridized carbons (Fsp3) is 0.400. The first-order valence-electron chi connectivity index (χ1n) is 4.52. The van der Waals surface area contributed by atoms with Gasteiger partial charge in [-0.3, -0.25) is 0 Å². The molecular weight excluding hydrogens is 219 g/mol. The SMILES string of the molecule is CCCCc1ccccc1[Si](Cl)Cl. The molecular formula is C10H13Cl2Si. The van der Waals surface area contributed by atoms with Gasteiger partial charge in [-0.1, -0.05) is 37.6 Å². The second-order valence-electron chi connectivity index (χ2n) is 3.02. The Morgan fingerprint density at radius 3 is 2.54 bits per heavy atom. The molecule has 0 aliphatic rings. The maximum absolute atomic E-state index is 5.95. The van der Waals surface area contributed by atoms with Crippen molar-refractivity contribution in [3.8, 4) is 0 Å². The van der Waals surface area contributed by atoms with E-state index < -0.39 is 7.42 Å². The van der Waals surface area contributed by atoms with E-state index in [9.17, 15) is 0 Å². The summed E-state index contributed by atoms with van der Waals surface area (Å²) in [5.74, 6) is 0. The second-order valence-corrected chi connectivity index (χ2v) is 6.93. The number of aryl methyl sites for hydroxylation is 1. The van der Waals surface area contributed by atoms with E-state index in [1.165, 1.54) is 18.4 Å². The molecule has 0 saturated carbocycles. The molecule has 1 radical (unpaired) electrons. The van der Waals surface area contributed by atoms with Crippen molar-refractivity contribution < 1.29 is 0 Å². The Hall–Kier alpha value is 0.0169. The van der Waals surface area contributed by atoms with Crippen molar-refractivity contribution in [2.75, 3.05) is 0 Å². The minimum absolute atomic E-state index is 1.10. The van der Waals surface area contributed by atoms with Gasteiger partial charge in [0.2, 0.25) is 0 Å². The van der Waals surface area contributed by atoms with Crippen LogP contribution < -0.4 is 5.19 Å². The van der Waals surface area contributed by atoms with Crippen LogP contribution in [0, 0.1) is 0 Å². The summed E-state index contributed by atoms with van der Waals surface area (Å²) in [6, 6.07) is 8.22. The summed E-state index contributed by atoms with van der Waals surface area (Å²) >= 11 is 11.9. The van der Waals surface area contributed by atoms with Gasteiger partial charge in [-0.2, -0.15) is 0 Å². The molecule has 0 spiro atoms. The molecule has 0 bridgehead atoms. The summed E-state index contributed by atoms with van der Waals surface area (Å²) in [6.07, 6.45) is 3.52. The van der Waals surface area contributed by atoms with Crippen molar-refractivity contribution in [3.63, 3.8) is 0 Å². The van der Waals surface area contributed by atoms with Crippen molar-refractivity contribution in [2.45, 2.75) is 26.2 Å². The van der Waals surface area contributed by atoms with E-state index in [-0.39, 0.29) is 0 Å². The number of hydrogen-bond donors (Lipinski definition) is 0. The predicted molar refractivity (Wildman–Crippen MR) is 62.1 cm³/mol. The summed E-state index contributed by atoms with van der Waals surface area (Å²) in [4.78, 5) is 0. The zero-order chi connectivity index (χ0) is 9.68. The molecule has 0 heterocycles. The first-order chi connectivity index (χ1) is 6.25. The molecule has 0 nitrogen and oxygen atoms in total. The van der Waals surface area contributed by atoms with Gasteiger partial charge in [-0.15, -0.1) is 22.2 Å². The minimum Gasteiger partial charge on any atom is -0.140 e. The van der Waals surface area contributed by atoms with Gasteiger partial charge in [0.1, 0.15) is 0 Å². The largest absolute Gasteiger partial charge is 0.307 e. The first-order valence-corrected chi connectivity index (χ1v) is 8.04. The lowest BCUT2D eigenvalue weighted by molar-refractivity contribution is 0.798. The van der Waals surface area contributed by atoms with E-state index in [0.717, 1.165) is 11.6 Å². The molecule has 0 aromatic heterocycles. The van der Waals surface area contributed by atoms with E-state index in [1.54, 1.807) is 0 Å². The van der Waals surface area contributed by atoms with Gasteiger partial charge in [0.25, 0.3) is 0 Å². The number of hydrogen-bond acceptors (Lipinski definition) is 0. The maximum atomic E-state index is 5.95. The summed E-state index contributed by atoms with van der Waals surface area (Å²) < 4.78 is 0. The molecule has 0 fully saturated rings. The summed E-state index contributed by atoms with van der Waals surface area (Å²) in [5.41, 5.74) is 1.32. The number of benzene rings is 1. The number of halogens is 2. The number of rotatable bonds is 4. The van der Waals surface area contributed by atoms with Crippen LogP contribution >= 0.6 is 22.2 Å². The third-order valence-electron chi connectivity index (χ3n) is 2.02. The summed E-state index contributed by atoms with van der Waals surface area (Å²) in [5, 5.41) is 1.16. The average molecular weight is 232 g/mol. The second kappa shape index (κ2) is 5.69. The Kier molecular flexibility index (Phi) is 4.85. The highest BCUT2D eigenvalue weighted by molar-refractivity contribution is 7.39. The highest BCUT2D eigenvalue weighted by Gasteiger charge is 2.11. The molecule has 1 rings (SSSR count). The Labute approximate surface area is 90.9 Å². The van der Waals surface area contributed by atoms with Crippen LogP contribution in [0.5, 0.6) is 0 Å². The predicted octanol–water partition coefficient (Wildman–Crippen LogP) is 3.20. The van der Waals surface area contributed by atoms with E-state index in [0.29, 0.717) is 0 Å². The van der Waals surface area contributed by atoms with Crippen LogP contribution in [0.15, 0.2) is 24.3 Å². The van der Waals surface area contributed by atoms with Crippen LogP contribution in [0.2, 0.25) is 0 Å². The van der Waals surface area contributed by atoms with Crippen molar-refractivity contribution in [1.82, 2.24) is 0 Å². The van der Waals surface area contributed by atoms with Gasteiger partial charge in [-0.05, 0) is 23.6 Å². The van der Waals surface area contributed by atoms with Gasteiger partial charge in [0, 0.05) is 0 Å². The molecule has 0 unspecified atom stereocenters. The molecule has 3 heteroatoms. The lowest BCUT2D eigenvalue weighted by Crippen LogP contribution is -2.22. The van der Waals surface area contributed by atoms with E-state index in [2.05, 4.69) is 13.0 Å². The van der Waals surface area contributed by atoms with Crippen LogP contribution in [0.25, 0.3) is 0 Å². The van der Waals surface area contributed by atoms with Crippen LogP contribution in [0.4, 0.5) is 0 Å². The molecule has 0 amide bonds. The Bertz CT molecular complexity index is 261. The van der Waals surface area contributed by atoms with E-state index >= 15 is 0 Å². The Balaban J connectivity index is 2.78. The summed E-state index contributed by atoms with van der Waals surface area (Å²) in [7, 11) is -1.33. The van der Waals surface area contributed by atoms with Crippen LogP contribution in [0.3, 0.4) is 0 Å². The van der Waals surface area contributed by atoms with Crippen LogP contribution in [-0.4, -0.2) is 7.42 Å². The quantitative estimate of drug-likeness (QED) is 0.552. The van der Waals surface area contributed by atoms with Crippen molar-refractivity contribution >= 4 is 34.8 Å². The van der Waals surface area contributed by atoms with Crippen molar-refractivity contribution in [2.24, 2.45) is 0 Å². The summed E-state index contributed by atoms with van der Waals surface area (Å²) in [6.45, 7) is 2.19. The zero-order valence-corrected chi connectivity index (χ0v) is 10.2. The lowest BCUT2D eigenvalue weighted by atomic mass is 10.1. The molecule has 0 aliphatic carbocycles. The van der Waals surface area contributed by atoms with Gasteiger partial charge >= 0.3 is 7.42 Å². The van der Waals surface area contributed by atoms with Crippen LogP contribution in [-0.2, 0) is 6.42 Å². The molecule has 0 N–H and O–H groups in total. The normalized spacial score (nSPS) is 10.8. The van der Waals surface area contributed by atoms with Gasteiger partial charge in [-0.25, -0.2) is 0 Å². The maximum Gasteiger partial charge on any atom is 0.307 e. The van der Waals surface area contributed by atoms with E-state index in [4.69, 9.17) is 22.2 Å². The van der Waals surface area contributed by atoms with Crippen molar-refractivity contribution in [1.29, 1.82) is 0 Å². The molecule has 1 aromatic carbocycles. The minimum atomic E-state index is -1.33. The topological polar surface area (TPSA) is 0 Å². The lowest BCUT2D eigenvalue weighted by Gasteiger charge is -2.07.